The molecule has 1 aromatic carbocycles. The molecule has 0 aliphatic carbocycles. The second-order valence-corrected chi connectivity index (χ2v) is 5.69. The van der Waals surface area contributed by atoms with Gasteiger partial charge in [-0.25, -0.2) is 0 Å². The number of hydrogen-bond donors (Lipinski definition) is 2. The first-order chi connectivity index (χ1) is 9.84. The second-order valence-electron chi connectivity index (χ2n) is 4.78. The van der Waals surface area contributed by atoms with Gasteiger partial charge < -0.3 is 15.2 Å². The first-order valence-corrected chi connectivity index (χ1v) is 7.21. The van der Waals surface area contributed by atoms with Gasteiger partial charge in [-0.2, -0.15) is 13.2 Å². The van der Waals surface area contributed by atoms with Crippen molar-refractivity contribution in [3.05, 3.63) is 22.2 Å². The summed E-state index contributed by atoms with van der Waals surface area (Å²) in [5.74, 6) is -0.453. The lowest BCUT2D eigenvalue weighted by Gasteiger charge is -2.36. The van der Waals surface area contributed by atoms with E-state index in [9.17, 15) is 18.3 Å². The molecule has 1 aliphatic heterocycles. The molecule has 2 N–H and O–H groups in total. The van der Waals surface area contributed by atoms with Crippen molar-refractivity contribution < 1.29 is 23.0 Å². The highest BCUT2D eigenvalue weighted by molar-refractivity contribution is 9.10. The zero-order valence-electron chi connectivity index (χ0n) is 11.8. The van der Waals surface area contributed by atoms with Crippen LogP contribution < -0.4 is 10.1 Å². The largest absolute Gasteiger partial charge is 0.504 e. The summed E-state index contributed by atoms with van der Waals surface area (Å²) in [6.07, 6.45) is -4.49. The Labute approximate surface area is 141 Å². The SMILES string of the molecule is COc1cc(Br)cc([C@H](N2CCNCC2)C(F)(F)F)c1O.Cl. The number of halogens is 5. The van der Waals surface area contributed by atoms with Crippen LogP contribution in [0.5, 0.6) is 11.5 Å². The predicted molar refractivity (Wildman–Crippen MR) is 82.8 cm³/mol. The first kappa shape index (κ1) is 19.3. The number of nitrogens with one attached hydrogen (secondary N) is 1. The minimum atomic E-state index is -4.49. The molecule has 0 amide bonds. The highest BCUT2D eigenvalue weighted by Crippen LogP contribution is 2.45. The molecule has 0 aromatic heterocycles. The second kappa shape index (κ2) is 7.72. The highest BCUT2D eigenvalue weighted by atomic mass is 79.9. The van der Waals surface area contributed by atoms with Crippen molar-refractivity contribution in [3.63, 3.8) is 0 Å². The average Bonchev–Trinajstić information content (AvgIpc) is 2.42. The van der Waals surface area contributed by atoms with E-state index in [4.69, 9.17) is 4.74 Å². The summed E-state index contributed by atoms with van der Waals surface area (Å²) in [6.45, 7) is 1.49. The summed E-state index contributed by atoms with van der Waals surface area (Å²) in [7, 11) is 1.30. The molecular formula is C13H17BrClF3N2O2. The fraction of sp³-hybridized carbons (Fsp3) is 0.538. The van der Waals surface area contributed by atoms with Crippen LogP contribution in [-0.4, -0.2) is 49.5 Å². The van der Waals surface area contributed by atoms with Crippen molar-refractivity contribution in [3.8, 4) is 11.5 Å². The van der Waals surface area contributed by atoms with Crippen molar-refractivity contribution in [2.75, 3.05) is 33.3 Å². The normalized spacial score (nSPS) is 17.7. The van der Waals surface area contributed by atoms with E-state index in [-0.39, 0.29) is 36.8 Å². The third-order valence-corrected chi connectivity index (χ3v) is 3.87. The van der Waals surface area contributed by atoms with Gasteiger partial charge in [0.05, 0.1) is 7.11 Å². The summed E-state index contributed by atoms with van der Waals surface area (Å²) in [5, 5.41) is 13.1. The maximum Gasteiger partial charge on any atom is 0.408 e. The number of methoxy groups -OCH3 is 1. The predicted octanol–water partition coefficient (Wildman–Crippen LogP) is 3.09. The molecule has 0 bridgehead atoms. The number of phenolic OH excluding ortho intramolecular Hbond substituents is 1. The number of phenols is 1. The summed E-state index contributed by atoms with van der Waals surface area (Å²) in [5.41, 5.74) is -0.198. The van der Waals surface area contributed by atoms with E-state index in [0.717, 1.165) is 0 Å². The molecule has 22 heavy (non-hydrogen) atoms. The number of nitrogens with zero attached hydrogens (tertiary/aromatic N) is 1. The lowest BCUT2D eigenvalue weighted by Crippen LogP contribution is -2.49. The Bertz CT molecular complexity index is 511. The molecule has 0 unspecified atom stereocenters. The highest BCUT2D eigenvalue weighted by Gasteiger charge is 2.46. The Morgan fingerprint density at radius 1 is 1.32 bits per heavy atom. The number of alkyl halides is 3. The number of rotatable bonds is 3. The molecule has 1 fully saturated rings. The number of piperazine rings is 1. The molecule has 1 aromatic rings. The van der Waals surface area contributed by atoms with E-state index < -0.39 is 18.0 Å². The monoisotopic (exact) mass is 404 g/mol. The zero-order chi connectivity index (χ0) is 15.6. The average molecular weight is 406 g/mol. The Morgan fingerprint density at radius 2 is 1.91 bits per heavy atom. The molecule has 9 heteroatoms. The Balaban J connectivity index is 0.00000242. The zero-order valence-corrected chi connectivity index (χ0v) is 14.2. The Hall–Kier alpha value is -0.700. The smallest absolute Gasteiger partial charge is 0.408 e. The number of ether oxygens (including phenoxy) is 1. The van der Waals surface area contributed by atoms with Crippen LogP contribution in [0.4, 0.5) is 13.2 Å². The summed E-state index contributed by atoms with van der Waals surface area (Å²) in [4.78, 5) is 1.32. The van der Waals surface area contributed by atoms with Crippen molar-refractivity contribution in [2.45, 2.75) is 12.2 Å². The van der Waals surface area contributed by atoms with E-state index in [1.165, 1.54) is 24.1 Å². The Kier molecular flexibility index (Phi) is 6.79. The summed E-state index contributed by atoms with van der Waals surface area (Å²) >= 11 is 3.16. The van der Waals surface area contributed by atoms with E-state index in [1.54, 1.807) is 0 Å². The molecule has 2 rings (SSSR count). The lowest BCUT2D eigenvalue weighted by molar-refractivity contribution is -0.188. The molecule has 0 radical (unpaired) electrons. The quantitative estimate of drug-likeness (QED) is 0.811. The van der Waals surface area contributed by atoms with Crippen LogP contribution in [0.3, 0.4) is 0 Å². The van der Waals surface area contributed by atoms with E-state index in [0.29, 0.717) is 17.6 Å². The van der Waals surface area contributed by atoms with Gasteiger partial charge in [0.2, 0.25) is 0 Å². The summed E-state index contributed by atoms with van der Waals surface area (Å²) in [6, 6.07) is 0.869. The molecule has 4 nitrogen and oxygen atoms in total. The van der Waals surface area contributed by atoms with Gasteiger partial charge in [-0.3, -0.25) is 4.90 Å². The molecule has 1 atom stereocenters. The molecule has 1 aliphatic rings. The fourth-order valence-corrected chi connectivity index (χ4v) is 2.93. The van der Waals surface area contributed by atoms with Crippen molar-refractivity contribution >= 4 is 28.3 Å². The molecule has 0 saturated carbocycles. The minimum absolute atomic E-state index is 0. The van der Waals surface area contributed by atoms with Gasteiger partial charge in [-0.05, 0) is 12.1 Å². The maximum atomic E-state index is 13.5. The van der Waals surface area contributed by atoms with Crippen molar-refractivity contribution in [1.29, 1.82) is 0 Å². The molecule has 126 valence electrons. The van der Waals surface area contributed by atoms with E-state index >= 15 is 0 Å². The number of hydrogen-bond acceptors (Lipinski definition) is 4. The van der Waals surface area contributed by atoms with Crippen LogP contribution in [0.1, 0.15) is 11.6 Å². The van der Waals surface area contributed by atoms with Crippen LogP contribution in [0, 0.1) is 0 Å². The molecular weight excluding hydrogens is 389 g/mol. The van der Waals surface area contributed by atoms with Crippen LogP contribution in [0.2, 0.25) is 0 Å². The third-order valence-electron chi connectivity index (χ3n) is 3.41. The van der Waals surface area contributed by atoms with Crippen LogP contribution in [-0.2, 0) is 0 Å². The number of aromatic hydroxyl groups is 1. The first-order valence-electron chi connectivity index (χ1n) is 6.42. The minimum Gasteiger partial charge on any atom is -0.504 e. The molecule has 1 heterocycles. The van der Waals surface area contributed by atoms with Crippen LogP contribution in [0.25, 0.3) is 0 Å². The Morgan fingerprint density at radius 3 is 2.41 bits per heavy atom. The van der Waals surface area contributed by atoms with Gasteiger partial charge in [-0.1, -0.05) is 15.9 Å². The molecule has 0 spiro atoms. The van der Waals surface area contributed by atoms with Gasteiger partial charge in [0.15, 0.2) is 11.5 Å². The van der Waals surface area contributed by atoms with Crippen LogP contribution >= 0.6 is 28.3 Å². The van der Waals surface area contributed by atoms with E-state index in [2.05, 4.69) is 21.2 Å². The van der Waals surface area contributed by atoms with Gasteiger partial charge >= 0.3 is 6.18 Å². The summed E-state index contributed by atoms with van der Waals surface area (Å²) < 4.78 is 45.9. The maximum absolute atomic E-state index is 13.5. The van der Waals surface area contributed by atoms with E-state index in [1.807, 2.05) is 0 Å². The van der Waals surface area contributed by atoms with Gasteiger partial charge in [0.1, 0.15) is 6.04 Å². The van der Waals surface area contributed by atoms with Gasteiger partial charge in [-0.15, -0.1) is 12.4 Å². The van der Waals surface area contributed by atoms with Crippen molar-refractivity contribution in [2.24, 2.45) is 0 Å². The fourth-order valence-electron chi connectivity index (χ4n) is 2.48. The standard InChI is InChI=1S/C13H16BrF3N2O2.ClH/c1-21-10-7-8(14)6-9(11(10)20)12(13(15,16)17)19-4-2-18-3-5-19;/h6-7,12,18,20H,2-5H2,1H3;1H/t12-;/m0./s1. The van der Waals surface area contributed by atoms with Gasteiger partial charge in [0, 0.05) is 36.2 Å². The third kappa shape index (κ3) is 4.18. The number of benzene rings is 1. The topological polar surface area (TPSA) is 44.7 Å². The van der Waals surface area contributed by atoms with Gasteiger partial charge in [0.25, 0.3) is 0 Å². The van der Waals surface area contributed by atoms with Crippen LogP contribution in [0.15, 0.2) is 16.6 Å². The molecule has 1 saturated heterocycles. The lowest BCUT2D eigenvalue weighted by atomic mass is 10.0. The van der Waals surface area contributed by atoms with Crippen molar-refractivity contribution in [1.82, 2.24) is 10.2 Å².